The first-order valence-electron chi connectivity index (χ1n) is 6.50. The molecule has 1 unspecified atom stereocenters. The molecule has 0 saturated heterocycles. The molecule has 1 aromatic rings. The first kappa shape index (κ1) is 16.6. The van der Waals surface area contributed by atoms with Crippen LogP contribution in [0.25, 0.3) is 0 Å². The minimum absolute atomic E-state index is 0.0632. The summed E-state index contributed by atoms with van der Waals surface area (Å²) in [4.78, 5) is 1.17. The van der Waals surface area contributed by atoms with Crippen molar-refractivity contribution in [1.29, 1.82) is 0 Å². The maximum atomic E-state index is 9.67. The number of thiophene rings is 1. The zero-order valence-electron chi connectivity index (χ0n) is 11.1. The summed E-state index contributed by atoms with van der Waals surface area (Å²) in [6, 6.07) is 4.00. The highest BCUT2D eigenvalue weighted by atomic mass is 32.1. The molecule has 5 nitrogen and oxygen atoms in total. The largest absolute Gasteiger partial charge is 0.394 e. The molecule has 1 heterocycles. The van der Waals surface area contributed by atoms with Gasteiger partial charge < -0.3 is 25.0 Å². The van der Waals surface area contributed by atoms with E-state index in [9.17, 15) is 5.11 Å². The number of hydrogen-bond donors (Lipinski definition) is 3. The normalized spacial score (nSPS) is 12.7. The van der Waals surface area contributed by atoms with Gasteiger partial charge in [0.1, 0.15) is 0 Å². The summed E-state index contributed by atoms with van der Waals surface area (Å²) < 4.78 is 10.5. The number of rotatable bonds is 12. The molecule has 6 heteroatoms. The van der Waals surface area contributed by atoms with Crippen molar-refractivity contribution in [2.45, 2.75) is 19.1 Å². The fourth-order valence-corrected chi connectivity index (χ4v) is 2.12. The smallest absolute Gasteiger partial charge is 0.0897 e. The van der Waals surface area contributed by atoms with Crippen molar-refractivity contribution < 1.29 is 19.7 Å². The number of aliphatic hydroxyl groups excluding tert-OH is 2. The van der Waals surface area contributed by atoms with Crippen LogP contribution in [0.15, 0.2) is 17.5 Å². The molecular formula is C13H23NO4S. The van der Waals surface area contributed by atoms with Crippen LogP contribution in [0.3, 0.4) is 0 Å². The number of nitrogens with one attached hydrogen (secondary N) is 1. The van der Waals surface area contributed by atoms with E-state index in [0.29, 0.717) is 33.0 Å². The van der Waals surface area contributed by atoms with Crippen LogP contribution in [-0.2, 0) is 16.1 Å². The lowest BCUT2D eigenvalue weighted by Gasteiger charge is -2.12. The second kappa shape index (κ2) is 11.3. The highest BCUT2D eigenvalue weighted by Gasteiger charge is 2.04. The van der Waals surface area contributed by atoms with E-state index >= 15 is 0 Å². The van der Waals surface area contributed by atoms with Crippen LogP contribution in [0.2, 0.25) is 0 Å². The summed E-state index contributed by atoms with van der Waals surface area (Å²) in [6.45, 7) is 3.28. The fourth-order valence-electron chi connectivity index (χ4n) is 1.48. The quantitative estimate of drug-likeness (QED) is 0.492. The molecule has 0 saturated carbocycles. The Morgan fingerprint density at radius 1 is 1.32 bits per heavy atom. The Kier molecular flexibility index (Phi) is 9.88. The molecule has 19 heavy (non-hydrogen) atoms. The van der Waals surface area contributed by atoms with Crippen LogP contribution in [0, 0.1) is 0 Å². The van der Waals surface area contributed by atoms with Gasteiger partial charge in [-0.15, -0.1) is 11.3 Å². The van der Waals surface area contributed by atoms with Crippen LogP contribution in [0.4, 0.5) is 0 Å². The molecule has 0 aliphatic carbocycles. The minimum atomic E-state index is -0.488. The van der Waals surface area contributed by atoms with Gasteiger partial charge in [-0.3, -0.25) is 0 Å². The molecule has 0 amide bonds. The first-order chi connectivity index (χ1) is 9.33. The van der Waals surface area contributed by atoms with E-state index in [-0.39, 0.29) is 6.61 Å². The third-order valence-electron chi connectivity index (χ3n) is 2.39. The SMILES string of the molecule is OCCOCCCNCC(O)COCc1cccs1. The molecule has 1 atom stereocenters. The molecule has 0 aliphatic rings. The first-order valence-corrected chi connectivity index (χ1v) is 7.38. The van der Waals surface area contributed by atoms with Gasteiger partial charge in [-0.1, -0.05) is 6.07 Å². The average Bonchev–Trinajstić information content (AvgIpc) is 2.91. The Balaban J connectivity index is 1.86. The third-order valence-corrected chi connectivity index (χ3v) is 3.24. The molecule has 0 spiro atoms. The summed E-state index contributed by atoms with van der Waals surface area (Å²) in [7, 11) is 0. The van der Waals surface area contributed by atoms with Gasteiger partial charge in [-0.2, -0.15) is 0 Å². The van der Waals surface area contributed by atoms with E-state index in [0.717, 1.165) is 13.0 Å². The summed E-state index contributed by atoms with van der Waals surface area (Å²) in [5.74, 6) is 0. The van der Waals surface area contributed by atoms with Crippen molar-refractivity contribution in [3.63, 3.8) is 0 Å². The zero-order valence-corrected chi connectivity index (χ0v) is 11.9. The average molecular weight is 289 g/mol. The zero-order chi connectivity index (χ0) is 13.8. The maximum absolute atomic E-state index is 9.67. The van der Waals surface area contributed by atoms with E-state index in [1.54, 1.807) is 11.3 Å². The van der Waals surface area contributed by atoms with Gasteiger partial charge in [0.2, 0.25) is 0 Å². The maximum Gasteiger partial charge on any atom is 0.0897 e. The van der Waals surface area contributed by atoms with Crippen molar-refractivity contribution in [1.82, 2.24) is 5.32 Å². The standard InChI is InChI=1S/C13H23NO4S/c15-5-7-17-6-2-4-14-9-12(16)10-18-11-13-3-1-8-19-13/h1,3,8,12,14-16H,2,4-7,9-11H2. The lowest BCUT2D eigenvalue weighted by Crippen LogP contribution is -2.31. The molecule has 0 fully saturated rings. The van der Waals surface area contributed by atoms with Crippen molar-refractivity contribution in [2.24, 2.45) is 0 Å². The lowest BCUT2D eigenvalue weighted by molar-refractivity contribution is 0.0294. The van der Waals surface area contributed by atoms with Gasteiger partial charge in [0.25, 0.3) is 0 Å². The predicted octanol–water partition coefficient (Wildman–Crippen LogP) is 0.614. The summed E-state index contributed by atoms with van der Waals surface area (Å²) in [5.41, 5.74) is 0. The lowest BCUT2D eigenvalue weighted by atomic mass is 10.3. The second-order valence-electron chi connectivity index (χ2n) is 4.14. The number of ether oxygens (including phenoxy) is 2. The number of hydrogen-bond acceptors (Lipinski definition) is 6. The molecule has 1 aromatic heterocycles. The highest BCUT2D eigenvalue weighted by Crippen LogP contribution is 2.09. The van der Waals surface area contributed by atoms with Crippen molar-refractivity contribution in [3.8, 4) is 0 Å². The van der Waals surface area contributed by atoms with Crippen LogP contribution in [0.5, 0.6) is 0 Å². The van der Waals surface area contributed by atoms with Crippen LogP contribution < -0.4 is 5.32 Å². The minimum Gasteiger partial charge on any atom is -0.394 e. The highest BCUT2D eigenvalue weighted by molar-refractivity contribution is 7.09. The molecule has 110 valence electrons. The van der Waals surface area contributed by atoms with Crippen molar-refractivity contribution in [3.05, 3.63) is 22.4 Å². The summed E-state index contributed by atoms with van der Waals surface area (Å²) >= 11 is 1.65. The molecule has 0 radical (unpaired) electrons. The summed E-state index contributed by atoms with van der Waals surface area (Å²) in [6.07, 6.45) is 0.376. The van der Waals surface area contributed by atoms with E-state index < -0.39 is 6.10 Å². The molecule has 0 aromatic carbocycles. The van der Waals surface area contributed by atoms with Gasteiger partial charge in [0, 0.05) is 18.0 Å². The van der Waals surface area contributed by atoms with Gasteiger partial charge in [-0.25, -0.2) is 0 Å². The van der Waals surface area contributed by atoms with Crippen LogP contribution in [0.1, 0.15) is 11.3 Å². The number of aliphatic hydroxyl groups is 2. The van der Waals surface area contributed by atoms with Gasteiger partial charge in [0.05, 0.1) is 32.5 Å². The van der Waals surface area contributed by atoms with Crippen molar-refractivity contribution >= 4 is 11.3 Å². The van der Waals surface area contributed by atoms with Crippen LogP contribution in [-0.4, -0.2) is 55.8 Å². The van der Waals surface area contributed by atoms with Crippen LogP contribution >= 0.6 is 11.3 Å². The van der Waals surface area contributed by atoms with Gasteiger partial charge in [-0.05, 0) is 24.4 Å². The Bertz CT molecular complexity index is 295. The molecule has 0 bridgehead atoms. The van der Waals surface area contributed by atoms with E-state index in [4.69, 9.17) is 14.6 Å². The molecule has 1 rings (SSSR count). The Morgan fingerprint density at radius 2 is 2.21 bits per heavy atom. The summed E-state index contributed by atoms with van der Waals surface area (Å²) in [5, 5.41) is 23.3. The molecule has 3 N–H and O–H groups in total. The fraction of sp³-hybridized carbons (Fsp3) is 0.692. The Morgan fingerprint density at radius 3 is 2.95 bits per heavy atom. The van der Waals surface area contributed by atoms with Crippen molar-refractivity contribution in [2.75, 3.05) is 39.5 Å². The topological polar surface area (TPSA) is 71.0 Å². The monoisotopic (exact) mass is 289 g/mol. The Labute approximate surface area is 118 Å². The predicted molar refractivity (Wildman–Crippen MR) is 75.4 cm³/mol. The second-order valence-corrected chi connectivity index (χ2v) is 5.17. The van der Waals surface area contributed by atoms with Gasteiger partial charge >= 0.3 is 0 Å². The Hall–Kier alpha value is -0.500. The molecule has 0 aliphatic heterocycles. The third kappa shape index (κ3) is 9.10. The van der Waals surface area contributed by atoms with E-state index in [1.165, 1.54) is 4.88 Å². The van der Waals surface area contributed by atoms with Gasteiger partial charge in [0.15, 0.2) is 0 Å². The molecular weight excluding hydrogens is 266 g/mol. The van der Waals surface area contributed by atoms with E-state index in [1.807, 2.05) is 17.5 Å². The van der Waals surface area contributed by atoms with E-state index in [2.05, 4.69) is 5.32 Å².